The molecule has 22 heavy (non-hydrogen) atoms. The van der Waals surface area contributed by atoms with Crippen LogP contribution in [0.15, 0.2) is 0 Å². The van der Waals surface area contributed by atoms with E-state index in [1.165, 1.54) is 38.5 Å². The van der Waals surface area contributed by atoms with Gasteiger partial charge in [0.15, 0.2) is 0 Å². The summed E-state index contributed by atoms with van der Waals surface area (Å²) in [6.45, 7) is 4.58. The molecule has 2 N–H and O–H groups in total. The first-order valence-electron chi connectivity index (χ1n) is 9.89. The highest BCUT2D eigenvalue weighted by atomic mass is 16.3. The molecule has 0 spiro atoms. The lowest BCUT2D eigenvalue weighted by Gasteiger charge is -2.57. The minimum absolute atomic E-state index is 0.0247. The van der Waals surface area contributed by atoms with E-state index in [1.54, 1.807) is 0 Å². The second-order valence-corrected chi connectivity index (χ2v) is 9.28. The lowest BCUT2D eigenvalue weighted by Crippen LogP contribution is -2.53. The van der Waals surface area contributed by atoms with Gasteiger partial charge in [0, 0.05) is 0 Å². The summed E-state index contributed by atoms with van der Waals surface area (Å²) in [7, 11) is 0. The molecule has 0 aromatic rings. The van der Waals surface area contributed by atoms with Gasteiger partial charge in [-0.2, -0.15) is 0 Å². The molecule has 4 aliphatic rings. The van der Waals surface area contributed by atoms with Gasteiger partial charge in [-0.25, -0.2) is 0 Å². The second-order valence-electron chi connectivity index (χ2n) is 9.28. The van der Waals surface area contributed by atoms with Gasteiger partial charge in [0.1, 0.15) is 0 Å². The number of fused-ring (bicyclic) bond motifs is 5. The Balaban J connectivity index is 1.58. The van der Waals surface area contributed by atoms with Crippen LogP contribution in [0.4, 0.5) is 0 Å². The molecule has 0 aliphatic heterocycles. The topological polar surface area (TPSA) is 40.5 Å². The van der Waals surface area contributed by atoms with Crippen LogP contribution in [0.1, 0.15) is 78.1 Å². The molecular weight excluding hydrogens is 272 g/mol. The van der Waals surface area contributed by atoms with Crippen LogP contribution in [-0.4, -0.2) is 21.9 Å². The lowest BCUT2D eigenvalue weighted by atomic mass is 9.49. The van der Waals surface area contributed by atoms with E-state index in [1.807, 2.05) is 0 Å². The first-order chi connectivity index (χ1) is 10.5. The predicted molar refractivity (Wildman–Crippen MR) is 88.4 cm³/mol. The number of rotatable bonds is 1. The van der Waals surface area contributed by atoms with Crippen molar-refractivity contribution in [1.29, 1.82) is 0 Å². The van der Waals surface area contributed by atoms with Crippen LogP contribution < -0.4 is 0 Å². The van der Waals surface area contributed by atoms with Gasteiger partial charge in [-0.1, -0.05) is 13.8 Å². The Bertz CT molecular complexity index is 435. The fourth-order valence-corrected chi connectivity index (χ4v) is 7.52. The molecular formula is C20H34O2. The average Bonchev–Trinajstić information content (AvgIpc) is 2.79. The monoisotopic (exact) mass is 306 g/mol. The average molecular weight is 306 g/mol. The largest absolute Gasteiger partial charge is 0.393 e. The van der Waals surface area contributed by atoms with Gasteiger partial charge in [0.05, 0.1) is 11.7 Å². The van der Waals surface area contributed by atoms with E-state index in [0.29, 0.717) is 0 Å². The molecule has 1 unspecified atom stereocenters. The molecule has 0 radical (unpaired) electrons. The highest BCUT2D eigenvalue weighted by molar-refractivity contribution is 5.11. The molecule has 4 fully saturated rings. The fraction of sp³-hybridized carbons (Fsp3) is 1.00. The van der Waals surface area contributed by atoms with Crippen LogP contribution in [0, 0.1) is 35.0 Å². The zero-order chi connectivity index (χ0) is 15.5. The van der Waals surface area contributed by atoms with Gasteiger partial charge < -0.3 is 10.2 Å². The summed E-state index contributed by atoms with van der Waals surface area (Å²) < 4.78 is 0. The summed E-state index contributed by atoms with van der Waals surface area (Å²) in [4.78, 5) is 0. The fourth-order valence-electron chi connectivity index (χ4n) is 7.52. The van der Waals surface area contributed by atoms with Crippen LogP contribution in [0.2, 0.25) is 0 Å². The second kappa shape index (κ2) is 5.21. The molecule has 0 aromatic heterocycles. The zero-order valence-electron chi connectivity index (χ0n) is 14.4. The van der Waals surface area contributed by atoms with Crippen molar-refractivity contribution in [2.24, 2.45) is 35.0 Å². The molecule has 4 aliphatic carbocycles. The van der Waals surface area contributed by atoms with Crippen molar-refractivity contribution in [3.8, 4) is 0 Å². The summed E-state index contributed by atoms with van der Waals surface area (Å²) >= 11 is 0. The molecule has 2 nitrogen and oxygen atoms in total. The van der Waals surface area contributed by atoms with Crippen LogP contribution in [-0.2, 0) is 0 Å². The third-order valence-electron chi connectivity index (χ3n) is 8.83. The molecule has 4 rings (SSSR count). The van der Waals surface area contributed by atoms with Gasteiger partial charge in [-0.15, -0.1) is 0 Å². The molecule has 2 heteroatoms. The maximum absolute atomic E-state index is 11.2. The minimum atomic E-state index is -0.401. The number of hydrogen-bond acceptors (Lipinski definition) is 2. The van der Waals surface area contributed by atoms with Crippen LogP contribution in [0.3, 0.4) is 0 Å². The summed E-state index contributed by atoms with van der Waals surface area (Å²) in [5.74, 6) is 4.17. The summed E-state index contributed by atoms with van der Waals surface area (Å²) in [6, 6.07) is 0. The Labute approximate surface area is 135 Å². The third-order valence-corrected chi connectivity index (χ3v) is 8.83. The molecule has 0 saturated heterocycles. The van der Waals surface area contributed by atoms with Gasteiger partial charge in [0.25, 0.3) is 0 Å². The first-order valence-corrected chi connectivity index (χ1v) is 9.89. The Kier molecular flexibility index (Phi) is 3.66. The molecule has 126 valence electrons. The SMILES string of the molecule is CCC1(O)CC[C@@H]2[C@@H]3CC[C@@H]4C[C@@H](O)CC[C@@H]4[C@@H]3CC[C@@]21C. The lowest BCUT2D eigenvalue weighted by molar-refractivity contribution is -0.134. The van der Waals surface area contributed by atoms with Crippen molar-refractivity contribution in [3.63, 3.8) is 0 Å². The van der Waals surface area contributed by atoms with E-state index < -0.39 is 5.60 Å². The Morgan fingerprint density at radius 1 is 0.909 bits per heavy atom. The minimum Gasteiger partial charge on any atom is -0.393 e. The Hall–Kier alpha value is -0.0800. The van der Waals surface area contributed by atoms with E-state index in [0.717, 1.165) is 55.3 Å². The van der Waals surface area contributed by atoms with Crippen molar-refractivity contribution >= 4 is 0 Å². The van der Waals surface area contributed by atoms with Crippen molar-refractivity contribution in [3.05, 3.63) is 0 Å². The van der Waals surface area contributed by atoms with Crippen molar-refractivity contribution in [2.75, 3.05) is 0 Å². The van der Waals surface area contributed by atoms with Crippen molar-refractivity contribution in [1.82, 2.24) is 0 Å². The highest BCUT2D eigenvalue weighted by Gasteiger charge is 2.61. The smallest absolute Gasteiger partial charge is 0.0701 e. The normalized spacial score (nSPS) is 57.8. The Morgan fingerprint density at radius 2 is 1.68 bits per heavy atom. The molecule has 0 bridgehead atoms. The van der Waals surface area contributed by atoms with E-state index in [2.05, 4.69) is 13.8 Å². The first kappa shape index (κ1) is 15.4. The van der Waals surface area contributed by atoms with E-state index in [9.17, 15) is 10.2 Å². The van der Waals surface area contributed by atoms with Crippen molar-refractivity contribution in [2.45, 2.75) is 89.8 Å². The maximum Gasteiger partial charge on any atom is 0.0701 e. The summed E-state index contributed by atoms with van der Waals surface area (Å²) in [5, 5.41) is 21.2. The predicted octanol–water partition coefficient (Wildman–Crippen LogP) is 4.14. The van der Waals surface area contributed by atoms with Crippen molar-refractivity contribution < 1.29 is 10.2 Å². The van der Waals surface area contributed by atoms with E-state index in [-0.39, 0.29) is 11.5 Å². The molecule has 4 saturated carbocycles. The summed E-state index contributed by atoms with van der Waals surface area (Å²) in [5.41, 5.74) is -0.230. The number of aliphatic hydroxyl groups is 2. The molecule has 0 heterocycles. The standard InChI is InChI=1S/C20H34O2/c1-3-20(22)11-9-18-17-6-4-13-12-14(21)5-7-15(13)16(17)8-10-19(18,20)2/h13-18,21-22H,3-12H2,1-2H3/t13-,14+,15+,16+,17-,18-,19+,20?/m1/s1. The van der Waals surface area contributed by atoms with Crippen LogP contribution in [0.5, 0.6) is 0 Å². The maximum atomic E-state index is 11.2. The molecule has 0 amide bonds. The molecule has 0 aromatic carbocycles. The van der Waals surface area contributed by atoms with Gasteiger partial charge in [0.2, 0.25) is 0 Å². The highest BCUT2D eigenvalue weighted by Crippen LogP contribution is 2.65. The Morgan fingerprint density at radius 3 is 2.45 bits per heavy atom. The van der Waals surface area contributed by atoms with Crippen LogP contribution in [0.25, 0.3) is 0 Å². The van der Waals surface area contributed by atoms with Gasteiger partial charge in [-0.3, -0.25) is 0 Å². The summed E-state index contributed by atoms with van der Waals surface area (Å²) in [6.07, 6.45) is 11.8. The van der Waals surface area contributed by atoms with Gasteiger partial charge >= 0.3 is 0 Å². The van der Waals surface area contributed by atoms with E-state index in [4.69, 9.17) is 0 Å². The quantitative estimate of drug-likeness (QED) is 0.764. The number of aliphatic hydroxyl groups excluding tert-OH is 1. The zero-order valence-corrected chi connectivity index (χ0v) is 14.4. The van der Waals surface area contributed by atoms with E-state index >= 15 is 0 Å². The van der Waals surface area contributed by atoms with Crippen LogP contribution >= 0.6 is 0 Å². The number of hydrogen-bond donors (Lipinski definition) is 2. The third kappa shape index (κ3) is 1.99. The van der Waals surface area contributed by atoms with Gasteiger partial charge in [-0.05, 0) is 99.2 Å². The molecule has 8 atom stereocenters.